The molecule has 0 bridgehead atoms. The van der Waals surface area contributed by atoms with Crippen molar-refractivity contribution in [3.05, 3.63) is 62.0 Å². The van der Waals surface area contributed by atoms with Gasteiger partial charge in [-0.25, -0.2) is 0 Å². The molecule has 1 unspecified atom stereocenters. The summed E-state index contributed by atoms with van der Waals surface area (Å²) in [6, 6.07) is 10.8. The first-order chi connectivity index (χ1) is 9.51. The van der Waals surface area contributed by atoms with E-state index in [1.807, 2.05) is 24.3 Å². The quantitative estimate of drug-likeness (QED) is 0.810. The number of halogens is 3. The second kappa shape index (κ2) is 6.81. The lowest BCUT2D eigenvalue weighted by molar-refractivity contribution is 0.177. The van der Waals surface area contributed by atoms with Gasteiger partial charge in [0.1, 0.15) is 5.75 Å². The van der Waals surface area contributed by atoms with Gasteiger partial charge in [-0.2, -0.15) is 0 Å². The first-order valence-electron chi connectivity index (χ1n) is 5.96. The summed E-state index contributed by atoms with van der Waals surface area (Å²) in [6.07, 6.45) is -0.172. The van der Waals surface area contributed by atoms with Crippen molar-refractivity contribution in [3.8, 4) is 5.75 Å². The predicted molar refractivity (Wildman–Crippen MR) is 85.8 cm³/mol. The molecule has 2 nitrogen and oxygen atoms in total. The van der Waals surface area contributed by atoms with Gasteiger partial charge in [0.2, 0.25) is 0 Å². The van der Waals surface area contributed by atoms with Crippen molar-refractivity contribution in [2.45, 2.75) is 12.5 Å². The molecule has 0 aliphatic heterocycles. The van der Waals surface area contributed by atoms with E-state index in [9.17, 15) is 5.11 Å². The van der Waals surface area contributed by atoms with Crippen molar-refractivity contribution in [1.82, 2.24) is 0 Å². The van der Waals surface area contributed by atoms with Crippen LogP contribution in [0.4, 0.5) is 0 Å². The van der Waals surface area contributed by atoms with Crippen LogP contribution in [0, 0.1) is 0 Å². The maximum atomic E-state index is 10.3. The van der Waals surface area contributed by atoms with Crippen molar-refractivity contribution in [3.63, 3.8) is 0 Å². The lowest BCUT2D eigenvalue weighted by Gasteiger charge is -2.14. The summed E-state index contributed by atoms with van der Waals surface area (Å²) in [5, 5.41) is 11.3. The van der Waals surface area contributed by atoms with E-state index in [0.717, 1.165) is 21.3 Å². The number of methoxy groups -OCH3 is 1. The maximum Gasteiger partial charge on any atom is 0.120 e. The monoisotopic (exact) mass is 374 g/mol. The van der Waals surface area contributed by atoms with Crippen LogP contribution in [0.2, 0.25) is 10.0 Å². The highest BCUT2D eigenvalue weighted by Gasteiger charge is 2.13. The van der Waals surface area contributed by atoms with Crippen molar-refractivity contribution in [1.29, 1.82) is 0 Å². The van der Waals surface area contributed by atoms with E-state index in [4.69, 9.17) is 27.9 Å². The SMILES string of the molecule is COc1ccc(C(O)Cc2ccc(Cl)c(Cl)c2)c(Br)c1. The molecule has 2 aromatic rings. The molecule has 0 saturated carbocycles. The third-order valence-electron chi connectivity index (χ3n) is 2.98. The summed E-state index contributed by atoms with van der Waals surface area (Å²) in [6.45, 7) is 0. The van der Waals surface area contributed by atoms with Gasteiger partial charge in [-0.15, -0.1) is 0 Å². The van der Waals surface area contributed by atoms with E-state index in [1.165, 1.54) is 0 Å². The van der Waals surface area contributed by atoms with Gasteiger partial charge in [-0.3, -0.25) is 0 Å². The normalized spacial score (nSPS) is 12.2. The average molecular weight is 376 g/mol. The van der Waals surface area contributed by atoms with Crippen LogP contribution in [-0.4, -0.2) is 12.2 Å². The predicted octanol–water partition coefficient (Wildman–Crippen LogP) is 5.04. The second-order valence-corrected chi connectivity index (χ2v) is 6.02. The largest absolute Gasteiger partial charge is 0.497 e. The molecule has 106 valence electrons. The molecule has 20 heavy (non-hydrogen) atoms. The molecule has 2 rings (SSSR count). The van der Waals surface area contributed by atoms with Gasteiger partial charge >= 0.3 is 0 Å². The summed E-state index contributed by atoms with van der Waals surface area (Å²) >= 11 is 15.3. The Morgan fingerprint density at radius 2 is 1.90 bits per heavy atom. The van der Waals surface area contributed by atoms with Crippen LogP contribution < -0.4 is 4.74 Å². The lowest BCUT2D eigenvalue weighted by Crippen LogP contribution is -2.03. The van der Waals surface area contributed by atoms with Crippen LogP contribution in [0.1, 0.15) is 17.2 Å². The molecular weight excluding hydrogens is 363 g/mol. The zero-order chi connectivity index (χ0) is 14.7. The molecule has 0 heterocycles. The van der Waals surface area contributed by atoms with Crippen LogP contribution >= 0.6 is 39.1 Å². The average Bonchev–Trinajstić information content (AvgIpc) is 2.42. The van der Waals surface area contributed by atoms with Gasteiger partial charge in [0.05, 0.1) is 23.3 Å². The van der Waals surface area contributed by atoms with E-state index >= 15 is 0 Å². The molecule has 0 aromatic heterocycles. The summed E-state index contributed by atoms with van der Waals surface area (Å²) in [5.41, 5.74) is 1.73. The molecule has 1 atom stereocenters. The minimum absolute atomic E-state index is 0.460. The summed E-state index contributed by atoms with van der Waals surface area (Å²) < 4.78 is 5.94. The number of aliphatic hydroxyl groups excluding tert-OH is 1. The van der Waals surface area contributed by atoms with Crippen LogP contribution in [0.3, 0.4) is 0 Å². The molecular formula is C15H13BrCl2O2. The number of benzene rings is 2. The molecule has 0 spiro atoms. The Morgan fingerprint density at radius 3 is 2.50 bits per heavy atom. The van der Waals surface area contributed by atoms with Crippen molar-refractivity contribution in [2.24, 2.45) is 0 Å². The molecule has 0 aliphatic rings. The Kier molecular flexibility index (Phi) is 5.33. The smallest absolute Gasteiger partial charge is 0.120 e. The fourth-order valence-electron chi connectivity index (χ4n) is 1.90. The van der Waals surface area contributed by atoms with E-state index in [2.05, 4.69) is 15.9 Å². The molecule has 5 heteroatoms. The lowest BCUT2D eigenvalue weighted by atomic mass is 10.0. The highest BCUT2D eigenvalue weighted by molar-refractivity contribution is 9.10. The van der Waals surface area contributed by atoms with E-state index in [-0.39, 0.29) is 0 Å². The van der Waals surface area contributed by atoms with Crippen LogP contribution in [0.25, 0.3) is 0 Å². The number of rotatable bonds is 4. The number of hydrogen-bond acceptors (Lipinski definition) is 2. The fraction of sp³-hybridized carbons (Fsp3) is 0.200. The Bertz CT molecular complexity index is 617. The minimum atomic E-state index is -0.632. The highest BCUT2D eigenvalue weighted by Crippen LogP contribution is 2.31. The summed E-state index contributed by atoms with van der Waals surface area (Å²) in [4.78, 5) is 0. The zero-order valence-corrected chi connectivity index (χ0v) is 13.8. The van der Waals surface area contributed by atoms with Crippen molar-refractivity contribution >= 4 is 39.1 Å². The Morgan fingerprint density at radius 1 is 1.15 bits per heavy atom. The van der Waals surface area contributed by atoms with Gasteiger partial charge < -0.3 is 9.84 Å². The van der Waals surface area contributed by atoms with Gasteiger partial charge in [-0.1, -0.05) is 51.3 Å². The maximum absolute atomic E-state index is 10.3. The van der Waals surface area contributed by atoms with Gasteiger partial charge in [-0.05, 0) is 35.4 Å². The zero-order valence-electron chi connectivity index (χ0n) is 10.7. The van der Waals surface area contributed by atoms with Crippen LogP contribution in [0.5, 0.6) is 5.75 Å². The topological polar surface area (TPSA) is 29.5 Å². The highest BCUT2D eigenvalue weighted by atomic mass is 79.9. The fourth-order valence-corrected chi connectivity index (χ4v) is 2.85. The van der Waals surface area contributed by atoms with Gasteiger partial charge in [0.25, 0.3) is 0 Å². The number of hydrogen-bond donors (Lipinski definition) is 1. The van der Waals surface area contributed by atoms with Crippen LogP contribution in [0.15, 0.2) is 40.9 Å². The molecule has 2 aromatic carbocycles. The Balaban J connectivity index is 2.19. The van der Waals surface area contributed by atoms with Crippen molar-refractivity contribution < 1.29 is 9.84 Å². The standard InChI is InChI=1S/C15H13BrCl2O2/c1-20-10-3-4-11(12(16)8-10)15(19)7-9-2-5-13(17)14(18)6-9/h2-6,8,15,19H,7H2,1H3. The third-order valence-corrected chi connectivity index (χ3v) is 4.41. The number of aliphatic hydroxyl groups is 1. The molecule has 0 saturated heterocycles. The molecule has 0 aliphatic carbocycles. The van der Waals surface area contributed by atoms with E-state index in [1.54, 1.807) is 19.2 Å². The first-order valence-corrected chi connectivity index (χ1v) is 7.51. The summed E-state index contributed by atoms with van der Waals surface area (Å²) in [7, 11) is 1.60. The molecule has 0 fully saturated rings. The molecule has 1 N–H and O–H groups in total. The Labute approximate surface area is 136 Å². The third kappa shape index (κ3) is 3.67. The van der Waals surface area contributed by atoms with Crippen LogP contribution in [-0.2, 0) is 6.42 Å². The van der Waals surface area contributed by atoms with Gasteiger partial charge in [0, 0.05) is 10.9 Å². The van der Waals surface area contributed by atoms with Gasteiger partial charge in [0.15, 0.2) is 0 Å². The summed E-state index contributed by atoms with van der Waals surface area (Å²) in [5.74, 6) is 0.738. The van der Waals surface area contributed by atoms with E-state index in [0.29, 0.717) is 16.5 Å². The number of ether oxygens (including phenoxy) is 1. The second-order valence-electron chi connectivity index (χ2n) is 4.36. The minimum Gasteiger partial charge on any atom is -0.497 e. The molecule has 0 amide bonds. The molecule has 0 radical (unpaired) electrons. The van der Waals surface area contributed by atoms with E-state index < -0.39 is 6.10 Å². The first kappa shape index (κ1) is 15.6. The Hall–Kier alpha value is -0.740. The van der Waals surface area contributed by atoms with Crippen molar-refractivity contribution in [2.75, 3.05) is 7.11 Å².